The second kappa shape index (κ2) is 8.24. The standard InChI is InChI=1S/C19H23N3O2/c1-4-9-21-18(23)15-11-16(13-20-12-15)19(24)22(5-2)17-8-6-7-14(3)10-17/h6-8,10-13H,4-5,9H2,1-3H3,(H,21,23). The maximum absolute atomic E-state index is 12.8. The van der Waals surface area contributed by atoms with Crippen LogP contribution in [0.2, 0.25) is 0 Å². The Morgan fingerprint density at radius 3 is 2.54 bits per heavy atom. The van der Waals surface area contributed by atoms with Crippen LogP contribution in [0.15, 0.2) is 42.7 Å². The second-order valence-electron chi connectivity index (χ2n) is 5.61. The Labute approximate surface area is 142 Å². The molecule has 0 spiro atoms. The van der Waals surface area contributed by atoms with Crippen LogP contribution in [-0.2, 0) is 0 Å². The molecule has 24 heavy (non-hydrogen) atoms. The van der Waals surface area contributed by atoms with E-state index in [4.69, 9.17) is 0 Å². The predicted octanol–water partition coefficient (Wildman–Crippen LogP) is 3.20. The van der Waals surface area contributed by atoms with Crippen LogP contribution in [0.25, 0.3) is 0 Å². The molecule has 0 unspecified atom stereocenters. The van der Waals surface area contributed by atoms with Gasteiger partial charge < -0.3 is 10.2 Å². The van der Waals surface area contributed by atoms with E-state index in [1.807, 2.05) is 45.0 Å². The molecule has 1 heterocycles. The van der Waals surface area contributed by atoms with Crippen molar-refractivity contribution in [1.29, 1.82) is 0 Å². The number of hydrogen-bond acceptors (Lipinski definition) is 3. The average molecular weight is 325 g/mol. The Morgan fingerprint density at radius 2 is 1.88 bits per heavy atom. The van der Waals surface area contributed by atoms with Gasteiger partial charge in [-0.2, -0.15) is 0 Å². The number of carbonyl (C=O) groups excluding carboxylic acids is 2. The summed E-state index contributed by atoms with van der Waals surface area (Å²) in [7, 11) is 0. The van der Waals surface area contributed by atoms with Crippen molar-refractivity contribution in [2.45, 2.75) is 27.2 Å². The molecule has 126 valence electrons. The summed E-state index contributed by atoms with van der Waals surface area (Å²) in [6, 6.07) is 9.38. The zero-order chi connectivity index (χ0) is 17.5. The molecule has 1 aromatic carbocycles. The third-order valence-corrected chi connectivity index (χ3v) is 3.66. The summed E-state index contributed by atoms with van der Waals surface area (Å²) in [5.74, 6) is -0.377. The van der Waals surface area contributed by atoms with Gasteiger partial charge in [0, 0.05) is 31.2 Å². The van der Waals surface area contributed by atoms with Crippen molar-refractivity contribution in [3.63, 3.8) is 0 Å². The van der Waals surface area contributed by atoms with Crippen molar-refractivity contribution in [2.75, 3.05) is 18.0 Å². The summed E-state index contributed by atoms with van der Waals surface area (Å²) in [6.45, 7) is 7.03. The van der Waals surface area contributed by atoms with E-state index >= 15 is 0 Å². The van der Waals surface area contributed by atoms with Gasteiger partial charge >= 0.3 is 0 Å². The second-order valence-corrected chi connectivity index (χ2v) is 5.61. The van der Waals surface area contributed by atoms with Crippen LogP contribution in [0.1, 0.15) is 46.5 Å². The van der Waals surface area contributed by atoms with Crippen molar-refractivity contribution in [1.82, 2.24) is 10.3 Å². The molecule has 2 aromatic rings. The van der Waals surface area contributed by atoms with Gasteiger partial charge in [0.05, 0.1) is 11.1 Å². The molecule has 5 heteroatoms. The quantitative estimate of drug-likeness (QED) is 0.887. The lowest BCUT2D eigenvalue weighted by Gasteiger charge is -2.21. The number of amides is 2. The SMILES string of the molecule is CCCNC(=O)c1cncc(C(=O)N(CC)c2cccc(C)c2)c1. The van der Waals surface area contributed by atoms with Gasteiger partial charge in [0.15, 0.2) is 0 Å². The Kier molecular flexibility index (Phi) is 6.07. The van der Waals surface area contributed by atoms with Crippen molar-refractivity contribution in [3.05, 3.63) is 59.4 Å². The van der Waals surface area contributed by atoms with E-state index in [0.717, 1.165) is 17.7 Å². The summed E-state index contributed by atoms with van der Waals surface area (Å²) in [6.07, 6.45) is 3.83. The van der Waals surface area contributed by atoms with Crippen LogP contribution in [-0.4, -0.2) is 29.9 Å². The molecule has 2 rings (SSSR count). The summed E-state index contributed by atoms with van der Waals surface area (Å²) in [5, 5.41) is 2.79. The van der Waals surface area contributed by atoms with Gasteiger partial charge in [0.2, 0.25) is 0 Å². The number of rotatable bonds is 6. The molecule has 0 saturated heterocycles. The number of hydrogen-bond donors (Lipinski definition) is 1. The van der Waals surface area contributed by atoms with Crippen LogP contribution in [0.3, 0.4) is 0 Å². The third-order valence-electron chi connectivity index (χ3n) is 3.66. The highest BCUT2D eigenvalue weighted by atomic mass is 16.2. The molecule has 0 atom stereocenters. The highest BCUT2D eigenvalue weighted by Crippen LogP contribution is 2.18. The largest absolute Gasteiger partial charge is 0.352 e. The van der Waals surface area contributed by atoms with Gasteiger partial charge in [0.1, 0.15) is 0 Å². The fourth-order valence-corrected chi connectivity index (χ4v) is 2.42. The fraction of sp³-hybridized carbons (Fsp3) is 0.316. The third kappa shape index (κ3) is 4.19. The number of aromatic nitrogens is 1. The maximum atomic E-state index is 12.8. The average Bonchev–Trinajstić information content (AvgIpc) is 2.60. The highest BCUT2D eigenvalue weighted by Gasteiger charge is 2.18. The van der Waals surface area contributed by atoms with E-state index in [1.54, 1.807) is 11.0 Å². The highest BCUT2D eigenvalue weighted by molar-refractivity contribution is 6.07. The van der Waals surface area contributed by atoms with E-state index in [-0.39, 0.29) is 11.8 Å². The van der Waals surface area contributed by atoms with Crippen LogP contribution in [0.4, 0.5) is 5.69 Å². The molecular formula is C19H23N3O2. The zero-order valence-corrected chi connectivity index (χ0v) is 14.4. The molecule has 0 aliphatic heterocycles. The molecule has 0 bridgehead atoms. The Balaban J connectivity index is 2.26. The lowest BCUT2D eigenvalue weighted by atomic mass is 10.1. The number of anilines is 1. The van der Waals surface area contributed by atoms with Gasteiger partial charge in [-0.3, -0.25) is 14.6 Å². The lowest BCUT2D eigenvalue weighted by molar-refractivity contribution is 0.0953. The Hall–Kier alpha value is -2.69. The van der Waals surface area contributed by atoms with E-state index < -0.39 is 0 Å². The minimum Gasteiger partial charge on any atom is -0.352 e. The van der Waals surface area contributed by atoms with Crippen LogP contribution in [0, 0.1) is 6.92 Å². The first kappa shape index (κ1) is 17.7. The van der Waals surface area contributed by atoms with E-state index in [0.29, 0.717) is 24.2 Å². The molecule has 2 amide bonds. The van der Waals surface area contributed by atoms with Gasteiger partial charge in [-0.25, -0.2) is 0 Å². The molecule has 5 nitrogen and oxygen atoms in total. The zero-order valence-electron chi connectivity index (χ0n) is 14.4. The molecule has 0 aliphatic rings. The smallest absolute Gasteiger partial charge is 0.259 e. The van der Waals surface area contributed by atoms with Crippen LogP contribution in [0.5, 0.6) is 0 Å². The molecule has 1 aromatic heterocycles. The fourth-order valence-electron chi connectivity index (χ4n) is 2.42. The number of benzene rings is 1. The first-order chi connectivity index (χ1) is 11.6. The number of carbonyl (C=O) groups is 2. The Bertz CT molecular complexity index is 728. The number of pyridine rings is 1. The van der Waals surface area contributed by atoms with Crippen molar-refractivity contribution < 1.29 is 9.59 Å². The molecule has 0 fully saturated rings. The predicted molar refractivity (Wildman–Crippen MR) is 95.4 cm³/mol. The van der Waals surface area contributed by atoms with Gasteiger partial charge in [-0.15, -0.1) is 0 Å². The lowest BCUT2D eigenvalue weighted by Crippen LogP contribution is -2.31. The van der Waals surface area contributed by atoms with Crippen LogP contribution >= 0.6 is 0 Å². The van der Waals surface area contributed by atoms with Crippen molar-refractivity contribution >= 4 is 17.5 Å². The van der Waals surface area contributed by atoms with Gasteiger partial charge in [-0.1, -0.05) is 19.1 Å². The van der Waals surface area contributed by atoms with Gasteiger partial charge in [0.25, 0.3) is 11.8 Å². The molecule has 1 N–H and O–H groups in total. The van der Waals surface area contributed by atoms with Crippen LogP contribution < -0.4 is 10.2 Å². The molecular weight excluding hydrogens is 302 g/mol. The normalized spacial score (nSPS) is 10.3. The number of nitrogens with one attached hydrogen (secondary N) is 1. The first-order valence-electron chi connectivity index (χ1n) is 8.18. The summed E-state index contributed by atoms with van der Waals surface area (Å²) >= 11 is 0. The molecule has 0 saturated carbocycles. The summed E-state index contributed by atoms with van der Waals surface area (Å²) < 4.78 is 0. The topological polar surface area (TPSA) is 62.3 Å². The maximum Gasteiger partial charge on any atom is 0.259 e. The van der Waals surface area contributed by atoms with E-state index in [1.165, 1.54) is 12.4 Å². The van der Waals surface area contributed by atoms with Gasteiger partial charge in [-0.05, 0) is 44.0 Å². The van der Waals surface area contributed by atoms with E-state index in [9.17, 15) is 9.59 Å². The monoisotopic (exact) mass is 325 g/mol. The molecule has 0 radical (unpaired) electrons. The van der Waals surface area contributed by atoms with Crippen molar-refractivity contribution in [3.8, 4) is 0 Å². The first-order valence-corrected chi connectivity index (χ1v) is 8.18. The summed E-state index contributed by atoms with van der Waals surface area (Å²) in [5.41, 5.74) is 2.73. The minimum atomic E-state index is -0.211. The van der Waals surface area contributed by atoms with Crippen molar-refractivity contribution in [2.24, 2.45) is 0 Å². The number of nitrogens with zero attached hydrogens (tertiary/aromatic N) is 2. The Morgan fingerprint density at radius 1 is 1.12 bits per heavy atom. The molecule has 0 aliphatic carbocycles. The van der Waals surface area contributed by atoms with E-state index in [2.05, 4.69) is 10.3 Å². The number of aryl methyl sites for hydroxylation is 1. The summed E-state index contributed by atoms with van der Waals surface area (Å²) in [4.78, 5) is 30.6. The minimum absolute atomic E-state index is 0.166.